The zero-order valence-corrected chi connectivity index (χ0v) is 18.0. The number of rotatable bonds is 8. The van der Waals surface area contributed by atoms with Crippen LogP contribution in [0.1, 0.15) is 49.2 Å². The lowest BCUT2D eigenvalue weighted by molar-refractivity contribution is -0.362. The fourth-order valence-corrected chi connectivity index (χ4v) is 3.82. The highest BCUT2D eigenvalue weighted by molar-refractivity contribution is 5.92. The van der Waals surface area contributed by atoms with Crippen LogP contribution in [0, 0.1) is 0 Å². The van der Waals surface area contributed by atoms with Gasteiger partial charge in [-0.3, -0.25) is 9.68 Å². The van der Waals surface area contributed by atoms with Gasteiger partial charge >= 0.3 is 23.9 Å². The second-order valence-electron chi connectivity index (χ2n) is 6.82. The lowest BCUT2D eigenvalue weighted by atomic mass is 9.74. The molecule has 2 saturated heterocycles. The maximum atomic E-state index is 13.2. The van der Waals surface area contributed by atoms with Crippen molar-refractivity contribution in [2.45, 2.75) is 50.9 Å². The summed E-state index contributed by atoms with van der Waals surface area (Å²) in [4.78, 5) is 61.7. The van der Waals surface area contributed by atoms with E-state index < -0.39 is 47.5 Å². The number of ether oxygens (including phenoxy) is 4. The van der Waals surface area contributed by atoms with E-state index in [1.165, 1.54) is 0 Å². The van der Waals surface area contributed by atoms with Crippen molar-refractivity contribution < 1.29 is 52.3 Å². The Morgan fingerprint density at radius 3 is 2.38 bits per heavy atom. The van der Waals surface area contributed by atoms with Gasteiger partial charge in [-0.2, -0.15) is 0 Å². The van der Waals surface area contributed by atoms with Crippen LogP contribution in [0.4, 0.5) is 0 Å². The van der Waals surface area contributed by atoms with Crippen LogP contribution in [0.5, 0.6) is 0 Å². The maximum absolute atomic E-state index is 13.2. The first-order chi connectivity index (χ1) is 15.3. The Balaban J connectivity index is 2.16. The molecule has 0 radical (unpaired) electrons. The van der Waals surface area contributed by atoms with Gasteiger partial charge in [-0.25, -0.2) is 19.2 Å². The first kappa shape index (κ1) is 23.6. The average Bonchev–Trinajstić information content (AvgIpc) is 3.45. The summed E-state index contributed by atoms with van der Waals surface area (Å²) in [5.41, 5.74) is -2.08. The van der Waals surface area contributed by atoms with Crippen molar-refractivity contribution in [3.63, 3.8) is 0 Å². The minimum absolute atomic E-state index is 0.0114. The zero-order valence-electron chi connectivity index (χ0n) is 18.0. The molecule has 32 heavy (non-hydrogen) atoms. The SMILES string of the molecule is CCOC(=O)c1nocc1[C@@H]1[C@H](C(=O)OCC)ON2O[C@@H](C(=O)OC)C[C@@]12C(=O)OCC. The molecule has 13 nitrogen and oxygen atoms in total. The second kappa shape index (κ2) is 9.63. The van der Waals surface area contributed by atoms with Crippen LogP contribution >= 0.6 is 0 Å². The molecule has 2 aliphatic heterocycles. The molecule has 0 unspecified atom stereocenters. The molecular formula is C19H24N2O11. The molecule has 0 saturated carbocycles. The van der Waals surface area contributed by atoms with E-state index in [-0.39, 0.29) is 37.5 Å². The summed E-state index contributed by atoms with van der Waals surface area (Å²) in [5, 5.41) is 4.43. The second-order valence-corrected chi connectivity index (χ2v) is 6.82. The monoisotopic (exact) mass is 456 g/mol. The van der Waals surface area contributed by atoms with Gasteiger partial charge in [0, 0.05) is 12.0 Å². The van der Waals surface area contributed by atoms with Crippen molar-refractivity contribution in [3.8, 4) is 0 Å². The van der Waals surface area contributed by atoms with E-state index in [4.69, 9.17) is 33.1 Å². The summed E-state index contributed by atoms with van der Waals surface area (Å²) >= 11 is 0. The number of esters is 4. The van der Waals surface area contributed by atoms with E-state index in [0.717, 1.165) is 18.6 Å². The molecule has 0 aromatic carbocycles. The van der Waals surface area contributed by atoms with Crippen molar-refractivity contribution in [1.29, 1.82) is 0 Å². The lowest BCUT2D eigenvalue weighted by Crippen LogP contribution is -2.51. The number of nitrogens with zero attached hydrogens (tertiary/aromatic N) is 2. The van der Waals surface area contributed by atoms with Gasteiger partial charge in [0.15, 0.2) is 23.4 Å². The van der Waals surface area contributed by atoms with Crippen LogP contribution < -0.4 is 0 Å². The molecule has 3 rings (SSSR count). The zero-order chi connectivity index (χ0) is 23.5. The van der Waals surface area contributed by atoms with Crippen molar-refractivity contribution in [2.24, 2.45) is 0 Å². The fraction of sp³-hybridized carbons (Fsp3) is 0.632. The number of hydroxylamine groups is 2. The molecule has 0 amide bonds. The predicted octanol–water partition coefficient (Wildman–Crippen LogP) is 0.293. The Hall–Kier alpha value is -3.03. The van der Waals surface area contributed by atoms with E-state index >= 15 is 0 Å². The Morgan fingerprint density at radius 1 is 1.06 bits per heavy atom. The Bertz CT molecular complexity index is 884. The van der Waals surface area contributed by atoms with Crippen LogP contribution in [0.2, 0.25) is 0 Å². The highest BCUT2D eigenvalue weighted by Crippen LogP contribution is 2.53. The largest absolute Gasteiger partial charge is 0.467 e. The molecule has 1 aromatic heterocycles. The Labute approximate surface area is 182 Å². The highest BCUT2D eigenvalue weighted by Gasteiger charge is 2.71. The molecule has 0 aliphatic carbocycles. The van der Waals surface area contributed by atoms with Crippen LogP contribution in [0.25, 0.3) is 0 Å². The van der Waals surface area contributed by atoms with Gasteiger partial charge in [-0.1, -0.05) is 5.16 Å². The molecular weight excluding hydrogens is 432 g/mol. The van der Waals surface area contributed by atoms with Crippen molar-refractivity contribution in [3.05, 3.63) is 17.5 Å². The van der Waals surface area contributed by atoms with Gasteiger partial charge in [0.05, 0.1) is 32.8 Å². The standard InChI is InChI=1S/C19H24N2O11/c1-5-27-16(23)13-10(9-30-20-13)12-14(17(24)28-6-2)32-21-19(12,18(25)29-7-3)8-11(31-21)15(22)26-4/h9,11-12,14H,5-8H2,1-4H3/t11-,12-,14-,19+/m1/s1. The molecule has 0 spiro atoms. The molecule has 3 heterocycles. The normalized spacial score (nSPS) is 26.9. The minimum Gasteiger partial charge on any atom is -0.467 e. The Kier molecular flexibility index (Phi) is 7.11. The predicted molar refractivity (Wildman–Crippen MR) is 99.4 cm³/mol. The van der Waals surface area contributed by atoms with Gasteiger partial charge in [0.2, 0.25) is 0 Å². The highest BCUT2D eigenvalue weighted by atomic mass is 17.0. The van der Waals surface area contributed by atoms with E-state index in [1.807, 2.05) is 0 Å². The van der Waals surface area contributed by atoms with Crippen LogP contribution in [0.15, 0.2) is 10.8 Å². The number of fused-ring (bicyclic) bond motifs is 1. The summed E-state index contributed by atoms with van der Waals surface area (Å²) in [5.74, 6) is -4.53. The first-order valence-corrected chi connectivity index (χ1v) is 10.0. The third kappa shape index (κ3) is 3.82. The molecule has 0 bridgehead atoms. The molecule has 0 N–H and O–H groups in total. The average molecular weight is 456 g/mol. The van der Waals surface area contributed by atoms with Crippen molar-refractivity contribution in [1.82, 2.24) is 10.4 Å². The molecule has 176 valence electrons. The summed E-state index contributed by atoms with van der Waals surface area (Å²) in [6.07, 6.45) is -1.87. The van der Waals surface area contributed by atoms with Crippen molar-refractivity contribution >= 4 is 23.9 Å². The molecule has 2 fully saturated rings. The fourth-order valence-electron chi connectivity index (χ4n) is 3.82. The van der Waals surface area contributed by atoms with Crippen LogP contribution in [-0.4, -0.2) is 78.9 Å². The summed E-state index contributed by atoms with van der Waals surface area (Å²) in [6.45, 7) is 4.85. The lowest BCUT2D eigenvalue weighted by Gasteiger charge is -2.29. The number of aromatic nitrogens is 1. The Morgan fingerprint density at radius 2 is 1.75 bits per heavy atom. The van der Waals surface area contributed by atoms with Gasteiger partial charge in [-0.15, -0.1) is 0 Å². The first-order valence-electron chi connectivity index (χ1n) is 10.0. The van der Waals surface area contributed by atoms with E-state index in [9.17, 15) is 19.2 Å². The topological polar surface area (TPSA) is 153 Å². The molecule has 1 aromatic rings. The third-order valence-electron chi connectivity index (χ3n) is 5.08. The third-order valence-corrected chi connectivity index (χ3v) is 5.08. The number of carbonyl (C=O) groups excluding carboxylic acids is 4. The number of methoxy groups -OCH3 is 1. The molecule has 4 atom stereocenters. The van der Waals surface area contributed by atoms with Gasteiger partial charge in [-0.05, 0) is 26.0 Å². The number of hydrogen-bond acceptors (Lipinski definition) is 13. The van der Waals surface area contributed by atoms with E-state index in [2.05, 4.69) is 5.16 Å². The van der Waals surface area contributed by atoms with Crippen LogP contribution in [0.3, 0.4) is 0 Å². The van der Waals surface area contributed by atoms with Crippen molar-refractivity contribution in [2.75, 3.05) is 26.9 Å². The smallest absolute Gasteiger partial charge is 0.360 e. The molecule has 2 aliphatic rings. The van der Waals surface area contributed by atoms with Gasteiger partial charge < -0.3 is 23.5 Å². The van der Waals surface area contributed by atoms with E-state index in [0.29, 0.717) is 0 Å². The maximum Gasteiger partial charge on any atom is 0.360 e. The van der Waals surface area contributed by atoms with E-state index in [1.54, 1.807) is 20.8 Å². The van der Waals surface area contributed by atoms with Gasteiger partial charge in [0.25, 0.3) is 0 Å². The summed E-state index contributed by atoms with van der Waals surface area (Å²) in [7, 11) is 1.16. The quantitative estimate of drug-likeness (QED) is 0.389. The summed E-state index contributed by atoms with van der Waals surface area (Å²) < 4.78 is 25.0. The summed E-state index contributed by atoms with van der Waals surface area (Å²) in [6, 6.07) is 0. The van der Waals surface area contributed by atoms with Crippen LogP contribution in [-0.2, 0) is 43.0 Å². The minimum atomic E-state index is -1.85. The number of carbonyl (C=O) groups is 4. The number of hydrogen-bond donors (Lipinski definition) is 0. The molecule has 13 heteroatoms. The van der Waals surface area contributed by atoms with Gasteiger partial charge in [0.1, 0.15) is 6.26 Å².